The van der Waals surface area contributed by atoms with Gasteiger partial charge in [-0.2, -0.15) is 5.10 Å². The molecule has 0 unspecified atom stereocenters. The van der Waals surface area contributed by atoms with Gasteiger partial charge < -0.3 is 0 Å². The van der Waals surface area contributed by atoms with Gasteiger partial charge >= 0.3 is 11.8 Å². The lowest BCUT2D eigenvalue weighted by molar-refractivity contribution is 1.32. The Morgan fingerprint density at radius 2 is 1.37 bits per heavy atom. The van der Waals surface area contributed by atoms with E-state index >= 15 is 0 Å². The summed E-state index contributed by atoms with van der Waals surface area (Å²) in [5, 5.41) is 4.71. The van der Waals surface area contributed by atoms with Crippen LogP contribution in [0.1, 0.15) is 22.3 Å². The number of nitrogens with one attached hydrogen (secondary N) is 1. The highest BCUT2D eigenvalue weighted by molar-refractivity contribution is 6.13. The lowest BCUT2D eigenvalue weighted by Gasteiger charge is -2.08. The normalized spacial score (nSPS) is 9.90. The first-order valence-electron chi connectivity index (χ1n) is 9.86. The predicted octanol–water partition coefficient (Wildman–Crippen LogP) is 6.87. The molecular formula is C27H22N3+. The van der Waals surface area contributed by atoms with Gasteiger partial charge in [0, 0.05) is 23.3 Å². The summed E-state index contributed by atoms with van der Waals surface area (Å²) in [7, 11) is 0. The van der Waals surface area contributed by atoms with E-state index in [4.69, 9.17) is 5.10 Å². The van der Waals surface area contributed by atoms with Crippen LogP contribution in [-0.4, -0.2) is 5.71 Å². The van der Waals surface area contributed by atoms with Crippen molar-refractivity contribution in [2.24, 2.45) is 5.10 Å². The third-order valence-corrected chi connectivity index (χ3v) is 4.60. The van der Waals surface area contributed by atoms with Crippen LogP contribution >= 0.6 is 0 Å². The van der Waals surface area contributed by atoms with Crippen LogP contribution in [-0.2, 0) is 0 Å². The number of hydrogen-bond donors (Lipinski definition) is 1. The zero-order valence-electron chi connectivity index (χ0n) is 16.8. The summed E-state index contributed by atoms with van der Waals surface area (Å²) in [6.07, 6.45) is 0. The van der Waals surface area contributed by atoms with Crippen molar-refractivity contribution in [2.45, 2.75) is 6.92 Å². The van der Waals surface area contributed by atoms with E-state index in [1.165, 1.54) is 5.56 Å². The molecule has 0 amide bonds. The quantitative estimate of drug-likeness (QED) is 0.300. The molecule has 1 N–H and O–H groups in total. The summed E-state index contributed by atoms with van der Waals surface area (Å²) in [5.74, 6) is 0. The van der Waals surface area contributed by atoms with Gasteiger partial charge in [-0.15, -0.1) is 0 Å². The summed E-state index contributed by atoms with van der Waals surface area (Å²) >= 11 is 0. The van der Waals surface area contributed by atoms with Gasteiger partial charge in [-0.3, -0.25) is 5.43 Å². The smallest absolute Gasteiger partial charge is 0.278 e. The summed E-state index contributed by atoms with van der Waals surface area (Å²) in [6.45, 7) is 2.06. The van der Waals surface area contributed by atoms with E-state index in [1.54, 1.807) is 0 Å². The van der Waals surface area contributed by atoms with Crippen molar-refractivity contribution < 1.29 is 0 Å². The highest BCUT2D eigenvalue weighted by Gasteiger charge is 2.07. The molecule has 3 heteroatoms. The average molecular weight is 388 g/mol. The number of nitrogens with zero attached hydrogens (tertiary/aromatic N) is 2. The van der Waals surface area contributed by atoms with Crippen LogP contribution in [0.2, 0.25) is 0 Å². The minimum Gasteiger partial charge on any atom is -0.278 e. The first kappa shape index (κ1) is 19.2. The van der Waals surface area contributed by atoms with Crippen molar-refractivity contribution in [1.29, 1.82) is 0 Å². The Kier molecular flexibility index (Phi) is 5.98. The molecule has 0 atom stereocenters. The third-order valence-electron chi connectivity index (χ3n) is 4.60. The molecule has 0 bridgehead atoms. The fraction of sp³-hybridized carbons (Fsp3) is 0.0370. The Hall–Kier alpha value is -4.16. The summed E-state index contributed by atoms with van der Waals surface area (Å²) in [6, 6.07) is 39.4. The zero-order chi connectivity index (χ0) is 20.6. The van der Waals surface area contributed by atoms with Crippen LogP contribution in [0.5, 0.6) is 0 Å². The summed E-state index contributed by atoms with van der Waals surface area (Å²) in [5.41, 5.74) is 10.1. The second-order valence-corrected chi connectivity index (χ2v) is 6.94. The number of aryl methyl sites for hydroxylation is 1. The Bertz CT molecular complexity index is 1160. The third kappa shape index (κ3) is 5.01. The molecule has 3 nitrogen and oxygen atoms in total. The molecule has 0 aromatic heterocycles. The number of rotatable bonds is 4. The van der Waals surface area contributed by atoms with E-state index in [2.05, 4.69) is 47.5 Å². The monoisotopic (exact) mass is 388 g/mol. The van der Waals surface area contributed by atoms with Crippen LogP contribution in [0.4, 0.5) is 11.4 Å². The van der Waals surface area contributed by atoms with Crippen molar-refractivity contribution in [3.8, 4) is 6.07 Å². The van der Waals surface area contributed by atoms with E-state index in [1.807, 2.05) is 84.9 Å². The number of benzene rings is 4. The zero-order valence-corrected chi connectivity index (χ0v) is 16.8. The standard InChI is InChI=1S/C27H22N3/c1-21-15-17-25(18-16-21)28-20-22-9-8-14-26(19-22)29-30-27(23-10-4-2-5-11-23)24-12-6-3-7-13-24/h2-19,29H,1H3/q+1. The van der Waals surface area contributed by atoms with Gasteiger partial charge in [0.15, 0.2) is 0 Å². The molecule has 0 saturated heterocycles. The van der Waals surface area contributed by atoms with Crippen molar-refractivity contribution >= 4 is 17.1 Å². The highest BCUT2D eigenvalue weighted by Crippen LogP contribution is 2.16. The minimum absolute atomic E-state index is 0.878. The van der Waals surface area contributed by atoms with Gasteiger partial charge in [-0.25, -0.2) is 0 Å². The van der Waals surface area contributed by atoms with Crippen LogP contribution in [0, 0.1) is 13.0 Å². The minimum atomic E-state index is 0.878. The van der Waals surface area contributed by atoms with Gasteiger partial charge in [-0.05, 0) is 30.0 Å². The van der Waals surface area contributed by atoms with Crippen molar-refractivity contribution in [3.63, 3.8) is 0 Å². The maximum Gasteiger partial charge on any atom is 0.340 e. The summed E-state index contributed by atoms with van der Waals surface area (Å²) < 4.78 is 0. The van der Waals surface area contributed by atoms with E-state index in [0.29, 0.717) is 0 Å². The molecule has 4 aromatic rings. The van der Waals surface area contributed by atoms with Gasteiger partial charge in [0.1, 0.15) is 5.56 Å². The fourth-order valence-corrected chi connectivity index (χ4v) is 3.01. The molecule has 144 valence electrons. The Balaban J connectivity index is 1.59. The maximum atomic E-state index is 4.71. The second-order valence-electron chi connectivity index (χ2n) is 6.94. The molecule has 4 rings (SSSR count). The van der Waals surface area contributed by atoms with Crippen LogP contribution in [0.3, 0.4) is 0 Å². The Labute approximate surface area is 177 Å². The molecule has 4 aromatic carbocycles. The molecule has 30 heavy (non-hydrogen) atoms. The molecule has 0 radical (unpaired) electrons. The number of hydrazone groups is 1. The molecular weight excluding hydrogens is 366 g/mol. The van der Waals surface area contributed by atoms with E-state index < -0.39 is 0 Å². The maximum absolute atomic E-state index is 4.71. The van der Waals surface area contributed by atoms with Gasteiger partial charge in [0.25, 0.3) is 0 Å². The highest BCUT2D eigenvalue weighted by atomic mass is 15.3. The van der Waals surface area contributed by atoms with Crippen molar-refractivity contribution in [2.75, 3.05) is 5.43 Å². The molecule has 0 fully saturated rings. The summed E-state index contributed by atoms with van der Waals surface area (Å²) in [4.78, 5) is 4.44. The molecule has 0 aliphatic rings. The largest absolute Gasteiger partial charge is 0.340 e. The SMILES string of the molecule is Cc1ccc([N+]#Cc2cccc(NN=C(c3ccccc3)c3ccccc3)c2)cc1. The van der Waals surface area contributed by atoms with Crippen LogP contribution < -0.4 is 5.43 Å². The number of anilines is 1. The first-order valence-corrected chi connectivity index (χ1v) is 9.86. The molecule has 0 heterocycles. The van der Waals surface area contributed by atoms with Gasteiger partial charge in [0.2, 0.25) is 0 Å². The first-order chi connectivity index (χ1) is 14.8. The Morgan fingerprint density at radius 1 is 0.733 bits per heavy atom. The van der Waals surface area contributed by atoms with Gasteiger partial charge in [-0.1, -0.05) is 84.4 Å². The average Bonchev–Trinajstić information content (AvgIpc) is 2.81. The topological polar surface area (TPSA) is 28.8 Å². The molecule has 0 aliphatic carbocycles. The van der Waals surface area contributed by atoms with E-state index in [0.717, 1.165) is 33.8 Å². The van der Waals surface area contributed by atoms with Gasteiger partial charge in [0.05, 0.1) is 11.4 Å². The lowest BCUT2D eigenvalue weighted by Crippen LogP contribution is -2.06. The van der Waals surface area contributed by atoms with Crippen molar-refractivity contribution in [1.82, 2.24) is 0 Å². The van der Waals surface area contributed by atoms with Crippen LogP contribution in [0.25, 0.3) is 4.85 Å². The van der Waals surface area contributed by atoms with E-state index in [-0.39, 0.29) is 0 Å². The number of hydrogen-bond acceptors (Lipinski definition) is 2. The molecule has 0 saturated carbocycles. The predicted molar refractivity (Wildman–Crippen MR) is 126 cm³/mol. The van der Waals surface area contributed by atoms with Crippen molar-refractivity contribution in [3.05, 3.63) is 136 Å². The fourth-order valence-electron chi connectivity index (χ4n) is 3.01. The lowest BCUT2D eigenvalue weighted by atomic mass is 10.0. The molecule has 0 spiro atoms. The molecule has 0 aliphatic heterocycles. The van der Waals surface area contributed by atoms with E-state index in [9.17, 15) is 0 Å². The van der Waals surface area contributed by atoms with Crippen LogP contribution in [0.15, 0.2) is 114 Å². The Morgan fingerprint density at radius 3 is 2.00 bits per heavy atom. The second kappa shape index (κ2) is 9.36.